The van der Waals surface area contributed by atoms with Crippen molar-refractivity contribution >= 4 is 90.4 Å². The van der Waals surface area contributed by atoms with E-state index in [1.165, 1.54) is 38.6 Å². The summed E-state index contributed by atoms with van der Waals surface area (Å²) in [5.41, 5.74) is 24.8. The molecule has 7 nitrogen and oxygen atoms in total. The Morgan fingerprint density at radius 3 is 1.31 bits per heavy atom. The Kier molecular flexibility index (Phi) is 13.3. The average Bonchev–Trinajstić information content (AvgIpc) is 0.820. The number of fused-ring (bicyclic) bond motifs is 7. The molecule has 0 saturated carbocycles. The van der Waals surface area contributed by atoms with Gasteiger partial charge in [0.1, 0.15) is 0 Å². The van der Waals surface area contributed by atoms with Crippen molar-refractivity contribution in [1.82, 2.24) is 4.57 Å². The maximum atomic E-state index is 10.3. The van der Waals surface area contributed by atoms with Crippen LogP contribution < -0.4 is 26.2 Å². The van der Waals surface area contributed by atoms with Crippen LogP contribution in [-0.2, 0) is 21.7 Å². The van der Waals surface area contributed by atoms with Gasteiger partial charge in [0.25, 0.3) is 6.71 Å². The molecule has 0 saturated heterocycles. The number of benzene rings is 10. The Morgan fingerprint density at radius 1 is 0.375 bits per heavy atom. The van der Waals surface area contributed by atoms with E-state index in [0.717, 1.165) is 89.4 Å². The van der Waals surface area contributed by atoms with Crippen molar-refractivity contribution in [2.45, 2.75) is 105 Å². The molecule has 0 atom stereocenters. The first-order valence-electron chi connectivity index (χ1n) is 30.3. The van der Waals surface area contributed by atoms with Gasteiger partial charge < -0.3 is 14.4 Å². The third-order valence-corrected chi connectivity index (χ3v) is 17.9. The maximum absolute atomic E-state index is 10.3. The fourth-order valence-corrected chi connectivity index (χ4v) is 13.2. The number of rotatable bonds is 6. The summed E-state index contributed by atoms with van der Waals surface area (Å²) in [5.74, 6) is 0. The van der Waals surface area contributed by atoms with E-state index in [0.29, 0.717) is 28.1 Å². The van der Waals surface area contributed by atoms with Crippen LogP contribution in [0.15, 0.2) is 194 Å². The van der Waals surface area contributed by atoms with Gasteiger partial charge in [-0.05, 0) is 203 Å². The van der Waals surface area contributed by atoms with Crippen molar-refractivity contribution in [3.63, 3.8) is 0 Å². The topological polar surface area (TPSA) is 67.7 Å². The molecular weight excluding hydrogens is 1070 g/mol. The zero-order chi connectivity index (χ0) is 61.9. The minimum atomic E-state index is -0.126. The lowest BCUT2D eigenvalue weighted by atomic mass is 9.33. The molecule has 426 valence electrons. The van der Waals surface area contributed by atoms with Crippen molar-refractivity contribution < 1.29 is 0 Å². The summed E-state index contributed by atoms with van der Waals surface area (Å²) in [6.45, 7) is 43.7. The third-order valence-electron chi connectivity index (χ3n) is 17.9. The minimum absolute atomic E-state index is 0.0644. The van der Waals surface area contributed by atoms with Crippen molar-refractivity contribution in [2.24, 2.45) is 0 Å². The molecule has 10 aromatic carbocycles. The largest absolute Gasteiger partial charge is 0.311 e. The molecule has 88 heavy (non-hydrogen) atoms. The molecule has 0 bridgehead atoms. The van der Waals surface area contributed by atoms with Crippen LogP contribution in [0.5, 0.6) is 0 Å². The van der Waals surface area contributed by atoms with E-state index in [2.05, 4.69) is 271 Å². The molecule has 3 heterocycles. The molecule has 0 fully saturated rings. The van der Waals surface area contributed by atoms with E-state index >= 15 is 0 Å². The Hall–Kier alpha value is -10.4. The second-order valence-electron chi connectivity index (χ2n) is 28.0. The lowest BCUT2D eigenvalue weighted by Gasteiger charge is -2.45. The second-order valence-corrected chi connectivity index (χ2v) is 28.0. The van der Waals surface area contributed by atoms with Crippen molar-refractivity contribution in [2.75, 3.05) is 9.80 Å². The van der Waals surface area contributed by atoms with Crippen LogP contribution in [0.25, 0.3) is 70.6 Å². The van der Waals surface area contributed by atoms with Crippen molar-refractivity contribution in [1.29, 1.82) is 10.5 Å². The number of nitrogens with zero attached hydrogens (tertiary/aromatic N) is 7. The van der Waals surface area contributed by atoms with Crippen LogP contribution in [0.3, 0.4) is 0 Å². The number of hydrogen-bond acceptors (Lipinski definition) is 4. The zero-order valence-electron chi connectivity index (χ0n) is 52.2. The van der Waals surface area contributed by atoms with Gasteiger partial charge in [0.15, 0.2) is 11.4 Å². The summed E-state index contributed by atoms with van der Waals surface area (Å²) >= 11 is 0. The first kappa shape index (κ1) is 56.7. The van der Waals surface area contributed by atoms with Crippen molar-refractivity contribution in [3.8, 4) is 51.2 Å². The predicted molar refractivity (Wildman–Crippen MR) is 368 cm³/mol. The first-order valence-corrected chi connectivity index (χ1v) is 30.3. The van der Waals surface area contributed by atoms with E-state index in [1.54, 1.807) is 24.3 Å². The fraction of sp³-hybridized carbons (Fsp3) is 0.200. The summed E-state index contributed by atoms with van der Waals surface area (Å²) in [5, 5.41) is 22.5. The van der Waals surface area contributed by atoms with E-state index in [9.17, 15) is 10.5 Å². The van der Waals surface area contributed by atoms with Crippen molar-refractivity contribution in [3.05, 3.63) is 250 Å². The highest BCUT2D eigenvalue weighted by Gasteiger charge is 2.44. The molecule has 13 rings (SSSR count). The molecule has 0 unspecified atom stereocenters. The standard InChI is InChI=1S/C80H68BN7/c1-77(2,3)56-41-57(78(4,5)6)44-62(43-56)86-72-25-19-16-22-67(72)81-68-23-17-20-26-73(68)87(63-45-58(79(7,8)9)42-59(46-63)80(10,11)12)75-40-54(39-74(86)76(75)81)52-28-30-71-66(38-52)64-21-15-18-24-69(64)88(71)70-29-27-51(53-31-49(47-82)33-60(35-53)84-13)37-65(70)55-32-50(48-83)34-61(36-55)85-14/h15-46H,1-12H3. The number of anilines is 6. The highest BCUT2D eigenvalue weighted by atomic mass is 15.2. The Bertz CT molecular complexity index is 4650. The summed E-state index contributed by atoms with van der Waals surface area (Å²) in [7, 11) is 0. The van der Waals surface area contributed by atoms with Crippen LogP contribution >= 0.6 is 0 Å². The second kappa shape index (κ2) is 20.7. The molecule has 0 N–H and O–H groups in total. The highest BCUT2D eigenvalue weighted by Crippen LogP contribution is 2.50. The number of nitriles is 2. The van der Waals surface area contributed by atoms with Gasteiger partial charge in [0.05, 0.1) is 42.0 Å². The van der Waals surface area contributed by atoms with Gasteiger partial charge in [0, 0.05) is 61.6 Å². The summed E-state index contributed by atoms with van der Waals surface area (Å²) in [6.07, 6.45) is 0. The average molecular weight is 1140 g/mol. The zero-order valence-corrected chi connectivity index (χ0v) is 52.2. The molecule has 8 heteroatoms. The highest BCUT2D eigenvalue weighted by molar-refractivity contribution is 7.00. The van der Waals surface area contributed by atoms with Gasteiger partial charge in [-0.25, -0.2) is 9.69 Å². The van der Waals surface area contributed by atoms with Gasteiger partial charge in [-0.3, -0.25) is 0 Å². The van der Waals surface area contributed by atoms with Gasteiger partial charge in [-0.15, -0.1) is 0 Å². The first-order chi connectivity index (χ1) is 41.9. The summed E-state index contributed by atoms with van der Waals surface area (Å²) in [6, 6.07) is 74.2. The predicted octanol–water partition coefficient (Wildman–Crippen LogP) is 19.9. The van der Waals surface area contributed by atoms with Crippen LogP contribution in [0, 0.1) is 35.8 Å². The van der Waals surface area contributed by atoms with Crippen LogP contribution in [0.1, 0.15) is 116 Å². The Morgan fingerprint density at radius 2 is 0.807 bits per heavy atom. The monoisotopic (exact) mass is 1140 g/mol. The summed E-state index contributed by atoms with van der Waals surface area (Å²) in [4.78, 5) is 12.6. The van der Waals surface area contributed by atoms with Crippen LogP contribution in [0.4, 0.5) is 45.5 Å². The molecule has 0 amide bonds. The van der Waals surface area contributed by atoms with E-state index in [1.807, 2.05) is 18.2 Å². The minimum Gasteiger partial charge on any atom is -0.311 e. The van der Waals surface area contributed by atoms with E-state index in [4.69, 9.17) is 13.1 Å². The van der Waals surface area contributed by atoms with Crippen LogP contribution in [0.2, 0.25) is 0 Å². The van der Waals surface area contributed by atoms with E-state index < -0.39 is 0 Å². The molecule has 11 aromatic rings. The molecule has 2 aliphatic rings. The third kappa shape index (κ3) is 9.68. The quantitative estimate of drug-likeness (QED) is 0.123. The molecular formula is C80H68BN7. The number of para-hydroxylation sites is 3. The Balaban J connectivity index is 1.11. The van der Waals surface area contributed by atoms with Gasteiger partial charge >= 0.3 is 0 Å². The van der Waals surface area contributed by atoms with Crippen LogP contribution in [-0.4, -0.2) is 11.3 Å². The normalized spacial score (nSPS) is 12.9. The maximum Gasteiger partial charge on any atom is 0.252 e. The number of aromatic nitrogens is 1. The molecule has 0 aliphatic carbocycles. The van der Waals surface area contributed by atoms with E-state index in [-0.39, 0.29) is 28.4 Å². The number of hydrogen-bond donors (Lipinski definition) is 0. The van der Waals surface area contributed by atoms with Gasteiger partial charge in [-0.1, -0.05) is 162 Å². The smallest absolute Gasteiger partial charge is 0.252 e. The lowest BCUT2D eigenvalue weighted by Crippen LogP contribution is -2.61. The molecule has 0 radical (unpaired) electrons. The van der Waals surface area contributed by atoms with Gasteiger partial charge in [0.2, 0.25) is 0 Å². The molecule has 2 aliphatic heterocycles. The Labute approximate surface area is 518 Å². The molecule has 1 aromatic heterocycles. The van der Waals surface area contributed by atoms with Gasteiger partial charge in [-0.2, -0.15) is 10.5 Å². The SMILES string of the molecule is [C-]#[N+]c1cc(C#N)cc(-c2ccc(-n3c4ccccc4c4cc(-c5cc6c7c(c5)N(c5cc(C(C)(C)C)cc(C(C)(C)C)c5)c5ccccc5B7c5ccccc5N6c5cc(C(C)(C)C)cc(C(C)(C)C)c5)ccc43)c(-c3cc(C#N)cc([N+]#[C-])c3)c2)c1. The molecule has 0 spiro atoms. The summed E-state index contributed by atoms with van der Waals surface area (Å²) < 4.78 is 2.29. The fourth-order valence-electron chi connectivity index (χ4n) is 13.2. The lowest BCUT2D eigenvalue weighted by molar-refractivity contribution is 0.568.